The normalized spacial score (nSPS) is 11.8. The van der Waals surface area contributed by atoms with Crippen molar-refractivity contribution in [3.63, 3.8) is 0 Å². The Labute approximate surface area is 172 Å². The maximum atomic E-state index is 13.5. The Morgan fingerprint density at radius 1 is 0.931 bits per heavy atom. The minimum atomic E-state index is -4.53. The summed E-state index contributed by atoms with van der Waals surface area (Å²) < 4.78 is 41.4. The third-order valence-electron chi connectivity index (χ3n) is 4.71. The first-order chi connectivity index (χ1) is 13.7. The van der Waals surface area contributed by atoms with Gasteiger partial charge in [-0.3, -0.25) is 4.79 Å². The van der Waals surface area contributed by atoms with Crippen molar-refractivity contribution in [2.45, 2.75) is 13.1 Å². The molecule has 0 bridgehead atoms. The second kappa shape index (κ2) is 7.15. The van der Waals surface area contributed by atoms with Crippen LogP contribution in [0.25, 0.3) is 33.4 Å². The Bertz CT molecular complexity index is 1280. The molecule has 3 nitrogen and oxygen atoms in total. The van der Waals surface area contributed by atoms with E-state index in [1.54, 1.807) is 55.5 Å². The molecule has 3 aromatic carbocycles. The Morgan fingerprint density at radius 3 is 2.31 bits per heavy atom. The van der Waals surface area contributed by atoms with Crippen LogP contribution in [0.2, 0.25) is 0 Å². The van der Waals surface area contributed by atoms with E-state index in [1.165, 1.54) is 0 Å². The molecule has 0 aliphatic heterocycles. The summed E-state index contributed by atoms with van der Waals surface area (Å²) >= 11 is 3.40. The van der Waals surface area contributed by atoms with Crippen LogP contribution in [0.5, 0.6) is 0 Å². The van der Waals surface area contributed by atoms with Gasteiger partial charge in [0.15, 0.2) is 0 Å². The molecule has 1 heterocycles. The summed E-state index contributed by atoms with van der Waals surface area (Å²) in [6, 6.07) is 15.8. The molecule has 0 amide bonds. The predicted octanol–water partition coefficient (Wildman–Crippen LogP) is 6.35. The Balaban J connectivity index is 2.00. The molecule has 0 radical (unpaired) electrons. The lowest BCUT2D eigenvalue weighted by Crippen LogP contribution is -2.11. The maximum Gasteiger partial charge on any atom is 0.416 e. The number of rotatable bonds is 2. The number of halogens is 4. The molecule has 0 fully saturated rings. The average Bonchev–Trinajstić information content (AvgIpc) is 2.70. The number of alkyl halides is 3. The van der Waals surface area contributed by atoms with Gasteiger partial charge < -0.3 is 4.98 Å². The third kappa shape index (κ3) is 3.70. The molecular formula is C22H14BrF3N2O. The van der Waals surface area contributed by atoms with Gasteiger partial charge in [0.05, 0.1) is 16.5 Å². The van der Waals surface area contributed by atoms with E-state index in [2.05, 4.69) is 25.9 Å². The maximum absolute atomic E-state index is 13.5. The molecule has 7 heteroatoms. The Hall–Kier alpha value is -2.93. The van der Waals surface area contributed by atoms with Crippen molar-refractivity contribution in [3.05, 3.63) is 86.6 Å². The van der Waals surface area contributed by atoms with E-state index in [0.29, 0.717) is 22.0 Å². The fraction of sp³-hybridized carbons (Fsp3) is 0.0909. The van der Waals surface area contributed by atoms with Crippen LogP contribution in [0, 0.1) is 6.92 Å². The van der Waals surface area contributed by atoms with Gasteiger partial charge >= 0.3 is 6.18 Å². The number of hydrogen-bond donors (Lipinski definition) is 1. The molecule has 0 unspecified atom stereocenters. The third-order valence-corrected chi connectivity index (χ3v) is 5.57. The van der Waals surface area contributed by atoms with Gasteiger partial charge in [0.1, 0.15) is 5.82 Å². The molecule has 0 aliphatic carbocycles. The highest BCUT2D eigenvalue weighted by Crippen LogP contribution is 2.36. The van der Waals surface area contributed by atoms with Gasteiger partial charge in [0.25, 0.3) is 5.56 Å². The first-order valence-corrected chi connectivity index (χ1v) is 9.50. The zero-order chi connectivity index (χ0) is 20.8. The highest BCUT2D eigenvalue weighted by Gasteiger charge is 2.31. The number of hydrogen-bond acceptors (Lipinski definition) is 2. The molecule has 1 aromatic heterocycles. The molecule has 0 aliphatic rings. The summed E-state index contributed by atoms with van der Waals surface area (Å²) in [5.41, 5.74) is 1.20. The molecule has 0 saturated carbocycles. The number of aromatic amines is 1. The van der Waals surface area contributed by atoms with Crippen LogP contribution in [0.4, 0.5) is 13.2 Å². The summed E-state index contributed by atoms with van der Waals surface area (Å²) in [5.74, 6) is 0.0898. The monoisotopic (exact) mass is 458 g/mol. The van der Waals surface area contributed by atoms with Crippen LogP contribution >= 0.6 is 15.9 Å². The molecule has 0 saturated heterocycles. The second-order valence-corrected chi connectivity index (χ2v) is 7.50. The van der Waals surface area contributed by atoms with Gasteiger partial charge in [-0.05, 0) is 53.9 Å². The first-order valence-electron chi connectivity index (χ1n) is 8.71. The van der Waals surface area contributed by atoms with E-state index in [-0.39, 0.29) is 11.4 Å². The summed E-state index contributed by atoms with van der Waals surface area (Å²) in [6.07, 6.45) is -4.53. The van der Waals surface area contributed by atoms with E-state index in [1.807, 2.05) is 0 Å². The van der Waals surface area contributed by atoms with Crippen LogP contribution in [0.1, 0.15) is 11.1 Å². The minimum absolute atomic E-state index is 0.0898. The van der Waals surface area contributed by atoms with Crippen LogP contribution in [-0.2, 0) is 6.18 Å². The molecular weight excluding hydrogens is 445 g/mol. The topological polar surface area (TPSA) is 45.8 Å². The van der Waals surface area contributed by atoms with E-state index in [0.717, 1.165) is 22.2 Å². The smallest absolute Gasteiger partial charge is 0.306 e. The zero-order valence-electron chi connectivity index (χ0n) is 15.1. The second-order valence-electron chi connectivity index (χ2n) is 6.65. The van der Waals surface area contributed by atoms with Crippen molar-refractivity contribution in [2.75, 3.05) is 0 Å². The highest BCUT2D eigenvalue weighted by atomic mass is 79.9. The number of aryl methyl sites for hydroxylation is 1. The van der Waals surface area contributed by atoms with Gasteiger partial charge in [-0.1, -0.05) is 46.3 Å². The quantitative estimate of drug-likeness (QED) is 0.380. The van der Waals surface area contributed by atoms with E-state index in [9.17, 15) is 18.0 Å². The van der Waals surface area contributed by atoms with Crippen LogP contribution in [-0.4, -0.2) is 9.97 Å². The van der Waals surface area contributed by atoms with Crippen molar-refractivity contribution >= 4 is 26.8 Å². The van der Waals surface area contributed by atoms with Gasteiger partial charge in [-0.15, -0.1) is 0 Å². The number of aromatic nitrogens is 2. The number of fused-ring (bicyclic) bond motifs is 1. The Kier molecular flexibility index (Phi) is 4.78. The SMILES string of the molecule is Cc1c(Br)ccc2c(=O)[nH]c(-c3cc(-c4ccccc4)cc(C(F)(F)F)c3)nc12. The molecule has 0 spiro atoms. The molecule has 4 aromatic rings. The van der Waals surface area contributed by atoms with Crippen molar-refractivity contribution in [2.24, 2.45) is 0 Å². The fourth-order valence-electron chi connectivity index (χ4n) is 3.18. The van der Waals surface area contributed by atoms with Crippen molar-refractivity contribution in [3.8, 4) is 22.5 Å². The number of nitrogens with zero attached hydrogens (tertiary/aromatic N) is 1. The number of H-pyrrole nitrogens is 1. The van der Waals surface area contributed by atoms with Crippen LogP contribution in [0.3, 0.4) is 0 Å². The number of benzene rings is 3. The van der Waals surface area contributed by atoms with Gasteiger partial charge in [-0.25, -0.2) is 4.98 Å². The molecule has 4 rings (SSSR count). The first kappa shape index (κ1) is 19.4. The van der Waals surface area contributed by atoms with Crippen LogP contribution < -0.4 is 5.56 Å². The molecule has 146 valence electrons. The number of nitrogens with one attached hydrogen (secondary N) is 1. The van der Waals surface area contributed by atoms with Crippen molar-refractivity contribution in [1.82, 2.24) is 9.97 Å². The van der Waals surface area contributed by atoms with E-state index < -0.39 is 17.3 Å². The fourth-order valence-corrected chi connectivity index (χ4v) is 3.50. The lowest BCUT2D eigenvalue weighted by Gasteiger charge is -2.13. The van der Waals surface area contributed by atoms with Gasteiger partial charge in [0, 0.05) is 10.0 Å². The van der Waals surface area contributed by atoms with E-state index >= 15 is 0 Å². The average molecular weight is 459 g/mol. The zero-order valence-corrected chi connectivity index (χ0v) is 16.7. The summed E-state index contributed by atoms with van der Waals surface area (Å²) in [5, 5.41) is 0.379. The van der Waals surface area contributed by atoms with Crippen molar-refractivity contribution < 1.29 is 13.2 Å². The van der Waals surface area contributed by atoms with Crippen molar-refractivity contribution in [1.29, 1.82) is 0 Å². The summed E-state index contributed by atoms with van der Waals surface area (Å²) in [6.45, 7) is 1.80. The molecule has 29 heavy (non-hydrogen) atoms. The Morgan fingerprint density at radius 2 is 1.62 bits per heavy atom. The predicted molar refractivity (Wildman–Crippen MR) is 111 cm³/mol. The van der Waals surface area contributed by atoms with Gasteiger partial charge in [0.2, 0.25) is 0 Å². The van der Waals surface area contributed by atoms with E-state index in [4.69, 9.17) is 0 Å². The standard InChI is InChI=1S/C22H14BrF3N2O/c1-12-18(23)8-7-17-19(12)27-20(28-21(17)29)15-9-14(13-5-3-2-4-6-13)10-16(11-15)22(24,25)26/h2-11H,1H3,(H,27,28,29). The minimum Gasteiger partial charge on any atom is -0.306 e. The van der Waals surface area contributed by atoms with Crippen LogP contribution in [0.15, 0.2) is 69.9 Å². The molecule has 1 N–H and O–H groups in total. The lowest BCUT2D eigenvalue weighted by atomic mass is 9.99. The lowest BCUT2D eigenvalue weighted by molar-refractivity contribution is -0.137. The summed E-state index contributed by atoms with van der Waals surface area (Å²) in [7, 11) is 0. The van der Waals surface area contributed by atoms with Gasteiger partial charge in [-0.2, -0.15) is 13.2 Å². The highest BCUT2D eigenvalue weighted by molar-refractivity contribution is 9.10. The largest absolute Gasteiger partial charge is 0.416 e. The molecule has 0 atom stereocenters. The summed E-state index contributed by atoms with van der Waals surface area (Å²) in [4.78, 5) is 19.6.